The molecule has 0 bridgehead atoms. The molecule has 5 rings (SSSR count). The molecule has 3 N–H and O–H groups in total. The molecule has 1 amide bonds. The van der Waals surface area contributed by atoms with Gasteiger partial charge in [-0.15, -0.1) is 0 Å². The number of hydrogen-bond donors (Lipinski definition) is 2. The molecule has 2 aliphatic rings. The number of ether oxygens (including phenoxy) is 1. The van der Waals surface area contributed by atoms with Crippen molar-refractivity contribution in [3.8, 4) is 11.1 Å². The Morgan fingerprint density at radius 2 is 1.62 bits per heavy atom. The van der Waals surface area contributed by atoms with Crippen LogP contribution in [0.25, 0.3) is 17.2 Å². The second-order valence-corrected chi connectivity index (χ2v) is 10.5. The fourth-order valence-electron chi connectivity index (χ4n) is 4.76. The van der Waals surface area contributed by atoms with Crippen LogP contribution in [-0.2, 0) is 14.0 Å². The van der Waals surface area contributed by atoms with Gasteiger partial charge in [0.15, 0.2) is 0 Å². The predicted molar refractivity (Wildman–Crippen MR) is 146 cm³/mol. The number of hydrogen-bond acceptors (Lipinski definition) is 6. The molecule has 0 saturated carbocycles. The summed E-state index contributed by atoms with van der Waals surface area (Å²) in [7, 11) is -0.654. The zero-order valence-corrected chi connectivity index (χ0v) is 21.7. The highest BCUT2D eigenvalue weighted by molar-refractivity contribution is 6.56. The van der Waals surface area contributed by atoms with E-state index in [9.17, 15) is 4.79 Å². The summed E-state index contributed by atoms with van der Waals surface area (Å²) in [4.78, 5) is 17.0. The van der Waals surface area contributed by atoms with E-state index in [1.807, 2.05) is 58.0 Å². The number of alkyl carbamates (subject to hydrolysis) is 1. The molecule has 1 aromatic heterocycles. The average molecular weight is 497 g/mol. The molecule has 1 aliphatic heterocycles. The Morgan fingerprint density at radius 3 is 2.22 bits per heavy atom. The predicted octanol–water partition coefficient (Wildman–Crippen LogP) is 5.22. The Hall–Kier alpha value is -3.62. The molecule has 8 heteroatoms. The third-order valence-corrected chi connectivity index (χ3v) is 7.56. The maximum Gasteiger partial charge on any atom is 0.492 e. The molecule has 2 heterocycles. The number of fused-ring (bicyclic) bond motifs is 3. The average Bonchev–Trinajstić information content (AvgIpc) is 3.30. The minimum Gasteiger partial charge on any atom is -0.449 e. The first-order chi connectivity index (χ1) is 17.7. The number of nitrogens with two attached hydrogens (primary N) is 1. The summed E-state index contributed by atoms with van der Waals surface area (Å²) in [5.74, 6) is -0.00792. The molecule has 0 unspecified atom stereocenters. The zero-order chi connectivity index (χ0) is 26.2. The third kappa shape index (κ3) is 4.87. The Balaban J connectivity index is 1.30. The summed E-state index contributed by atoms with van der Waals surface area (Å²) in [6.07, 6.45) is 4.65. The number of nitrogen functional groups attached to an aromatic ring is 1. The molecule has 0 radical (unpaired) electrons. The highest BCUT2D eigenvalue weighted by atomic mass is 16.7. The van der Waals surface area contributed by atoms with E-state index < -0.39 is 24.4 Å². The molecule has 2 aromatic carbocycles. The van der Waals surface area contributed by atoms with E-state index in [1.165, 1.54) is 22.3 Å². The van der Waals surface area contributed by atoms with Gasteiger partial charge in [-0.1, -0.05) is 54.6 Å². The van der Waals surface area contributed by atoms with Gasteiger partial charge < -0.3 is 25.1 Å². The highest BCUT2D eigenvalue weighted by Gasteiger charge is 2.52. The van der Waals surface area contributed by atoms with E-state index in [4.69, 9.17) is 19.8 Å². The first-order valence-corrected chi connectivity index (χ1v) is 12.5. The number of amides is 1. The molecule has 7 nitrogen and oxygen atoms in total. The van der Waals surface area contributed by atoms with Crippen LogP contribution in [0.15, 0.2) is 72.5 Å². The number of benzene rings is 2. The van der Waals surface area contributed by atoms with Crippen molar-refractivity contribution in [2.75, 3.05) is 18.9 Å². The quantitative estimate of drug-likeness (QED) is 0.454. The van der Waals surface area contributed by atoms with Crippen molar-refractivity contribution in [2.45, 2.75) is 44.8 Å². The van der Waals surface area contributed by atoms with Crippen molar-refractivity contribution in [3.63, 3.8) is 0 Å². The fraction of sp³-hybridized carbons (Fsp3) is 0.310. The van der Waals surface area contributed by atoms with Crippen molar-refractivity contribution in [2.24, 2.45) is 0 Å². The van der Waals surface area contributed by atoms with Gasteiger partial charge in [-0.3, -0.25) is 4.98 Å². The number of carbonyl (C=O) groups is 1. The second-order valence-electron chi connectivity index (χ2n) is 10.5. The Morgan fingerprint density at radius 1 is 1.03 bits per heavy atom. The normalized spacial score (nSPS) is 17.8. The molecule has 0 atom stereocenters. The lowest BCUT2D eigenvalue weighted by Gasteiger charge is -2.32. The fourth-order valence-corrected chi connectivity index (χ4v) is 4.76. The van der Waals surface area contributed by atoms with Gasteiger partial charge in [0.1, 0.15) is 6.61 Å². The minimum absolute atomic E-state index is 0.00792. The van der Waals surface area contributed by atoms with Crippen LogP contribution in [0.5, 0.6) is 0 Å². The summed E-state index contributed by atoms with van der Waals surface area (Å²) in [5.41, 5.74) is 11.8. The van der Waals surface area contributed by atoms with Crippen molar-refractivity contribution < 1.29 is 18.8 Å². The van der Waals surface area contributed by atoms with E-state index in [1.54, 1.807) is 18.5 Å². The molecule has 37 heavy (non-hydrogen) atoms. The van der Waals surface area contributed by atoms with Crippen LogP contribution in [0.1, 0.15) is 50.3 Å². The van der Waals surface area contributed by atoms with Crippen LogP contribution in [0.4, 0.5) is 10.5 Å². The van der Waals surface area contributed by atoms with E-state index >= 15 is 0 Å². The van der Waals surface area contributed by atoms with Gasteiger partial charge >= 0.3 is 13.2 Å². The summed E-state index contributed by atoms with van der Waals surface area (Å²) >= 11 is 0. The van der Waals surface area contributed by atoms with Crippen molar-refractivity contribution >= 4 is 25.0 Å². The summed E-state index contributed by atoms with van der Waals surface area (Å²) in [6, 6.07) is 18.2. The molecular formula is C29H32BN3O4. The van der Waals surface area contributed by atoms with E-state index in [0.717, 1.165) is 5.56 Å². The minimum atomic E-state index is -0.654. The van der Waals surface area contributed by atoms with Crippen molar-refractivity contribution in [1.29, 1.82) is 0 Å². The summed E-state index contributed by atoms with van der Waals surface area (Å²) < 4.78 is 18.2. The number of nitrogens with zero attached hydrogens (tertiary/aromatic N) is 1. The number of rotatable bonds is 6. The summed E-state index contributed by atoms with van der Waals surface area (Å²) in [5, 5.41) is 2.88. The van der Waals surface area contributed by atoms with Gasteiger partial charge in [0.25, 0.3) is 0 Å². The molecule has 190 valence electrons. The van der Waals surface area contributed by atoms with E-state index in [-0.39, 0.29) is 19.1 Å². The first-order valence-electron chi connectivity index (χ1n) is 12.5. The van der Waals surface area contributed by atoms with Gasteiger partial charge in [0.2, 0.25) is 0 Å². The van der Waals surface area contributed by atoms with Gasteiger partial charge in [0.05, 0.1) is 11.2 Å². The number of nitrogens with one attached hydrogen (secondary N) is 1. The van der Waals surface area contributed by atoms with E-state index in [2.05, 4.69) is 34.6 Å². The lowest BCUT2D eigenvalue weighted by molar-refractivity contribution is 0.00578. The standard InChI is InChI=1S/C29H32BN3O4/c1-28(2)29(3,4)37-30(36-28)20(15-19-16-32-14-13-26(19)31)17-33-27(34)35-18-25-23-11-7-5-9-21(23)22-10-6-8-12-24(22)25/h5-16,25H,17-18H2,1-4H3,(H2,31,32)(H,33,34). The van der Waals surface area contributed by atoms with Gasteiger partial charge in [-0.05, 0) is 61.5 Å². The highest BCUT2D eigenvalue weighted by Crippen LogP contribution is 2.44. The lowest BCUT2D eigenvalue weighted by Crippen LogP contribution is -2.41. The first kappa shape index (κ1) is 25.1. The van der Waals surface area contributed by atoms with Crippen LogP contribution in [-0.4, -0.2) is 42.5 Å². The zero-order valence-electron chi connectivity index (χ0n) is 21.7. The maximum atomic E-state index is 12.8. The van der Waals surface area contributed by atoms with Crippen LogP contribution in [0.3, 0.4) is 0 Å². The molecule has 1 saturated heterocycles. The Kier molecular flexibility index (Phi) is 6.56. The molecule has 1 fully saturated rings. The number of aromatic nitrogens is 1. The summed E-state index contributed by atoms with van der Waals surface area (Å²) in [6.45, 7) is 8.36. The van der Waals surface area contributed by atoms with Crippen LogP contribution >= 0.6 is 0 Å². The topological polar surface area (TPSA) is 95.7 Å². The van der Waals surface area contributed by atoms with Crippen molar-refractivity contribution in [3.05, 3.63) is 89.2 Å². The molecular weight excluding hydrogens is 465 g/mol. The van der Waals surface area contributed by atoms with Gasteiger partial charge in [-0.25, -0.2) is 4.79 Å². The monoisotopic (exact) mass is 497 g/mol. The van der Waals surface area contributed by atoms with Crippen LogP contribution in [0, 0.1) is 0 Å². The van der Waals surface area contributed by atoms with Gasteiger partial charge in [-0.2, -0.15) is 0 Å². The Labute approximate surface area is 218 Å². The smallest absolute Gasteiger partial charge is 0.449 e. The third-order valence-electron chi connectivity index (χ3n) is 7.56. The van der Waals surface area contributed by atoms with Gasteiger partial charge in [0, 0.05) is 36.1 Å². The Bertz CT molecular complexity index is 1290. The second kappa shape index (κ2) is 9.69. The lowest BCUT2D eigenvalue weighted by atomic mass is 9.77. The number of carbonyl (C=O) groups excluding carboxylic acids is 1. The number of anilines is 1. The van der Waals surface area contributed by atoms with Crippen LogP contribution < -0.4 is 11.1 Å². The number of pyridine rings is 1. The molecule has 3 aromatic rings. The molecule has 1 aliphatic carbocycles. The SMILES string of the molecule is CC1(C)OB(C(=Cc2cnccc2N)CNC(=O)OCC2c3ccccc3-c3ccccc32)OC1(C)C. The van der Waals surface area contributed by atoms with Crippen LogP contribution in [0.2, 0.25) is 0 Å². The van der Waals surface area contributed by atoms with E-state index in [0.29, 0.717) is 11.2 Å². The molecule has 0 spiro atoms. The maximum absolute atomic E-state index is 12.8. The van der Waals surface area contributed by atoms with Crippen molar-refractivity contribution in [1.82, 2.24) is 10.3 Å². The largest absolute Gasteiger partial charge is 0.492 e.